The van der Waals surface area contributed by atoms with E-state index in [1.54, 1.807) is 4.90 Å². The molecule has 3 aromatic heterocycles. The quantitative estimate of drug-likeness (QED) is 0.158. The first-order valence-corrected chi connectivity index (χ1v) is 11.7. The molecule has 0 bridgehead atoms. The number of nitrogen functional groups attached to an aromatic ring is 1. The van der Waals surface area contributed by atoms with Crippen molar-refractivity contribution < 1.29 is 31.5 Å². The van der Waals surface area contributed by atoms with Gasteiger partial charge in [0.05, 0.1) is 15.0 Å². The second-order valence-corrected chi connectivity index (χ2v) is 9.50. The minimum Gasteiger partial charge on any atom is -0.388 e. The Kier molecular flexibility index (Phi) is 6.04. The number of nitrogens with zero attached hydrogens (tertiary/aromatic N) is 6. The van der Waals surface area contributed by atoms with Gasteiger partial charge in [0.15, 0.2) is 17.3 Å². The van der Waals surface area contributed by atoms with Gasteiger partial charge in [0.2, 0.25) is 11.8 Å². The number of aromatic nitrogens is 5. The highest BCUT2D eigenvalue weighted by molar-refractivity contribution is 14.1. The van der Waals surface area contributed by atoms with Crippen LogP contribution < -0.4 is 10.5 Å². The van der Waals surface area contributed by atoms with Gasteiger partial charge in [0.25, 0.3) is 5.91 Å². The van der Waals surface area contributed by atoms with Crippen LogP contribution in [0.4, 0.5) is 27.9 Å². The Hall–Kier alpha value is -3.37. The number of fused-ring (bicyclic) bond motifs is 3. The third-order valence-corrected chi connectivity index (χ3v) is 6.97. The van der Waals surface area contributed by atoms with Crippen molar-refractivity contribution in [3.8, 4) is 5.88 Å². The molecule has 1 aromatic carbocycles. The summed E-state index contributed by atoms with van der Waals surface area (Å²) in [5.41, 5.74) is 6.00. The van der Waals surface area contributed by atoms with Crippen LogP contribution in [-0.2, 0) is 0 Å². The van der Waals surface area contributed by atoms with E-state index in [4.69, 9.17) is 5.73 Å². The number of piperidine rings is 1. The van der Waals surface area contributed by atoms with Gasteiger partial charge in [-0.15, -0.1) is 18.3 Å². The molecule has 0 aliphatic carbocycles. The largest absolute Gasteiger partial charge is 0.574 e. The van der Waals surface area contributed by atoms with Crippen molar-refractivity contribution >= 4 is 51.0 Å². The SMILES string of the molecule is Nc1nc2c(F)cc(F)cc2c2nc([C@@H]3CC[C@H](I)N(C(=O)c4ccc(OC(F)(F)F)nc4)C3)nn12. The lowest BCUT2D eigenvalue weighted by atomic mass is 9.97. The fourth-order valence-corrected chi connectivity index (χ4v) is 4.90. The Bertz CT molecular complexity index is 1480. The number of carbonyl (C=O) groups excluding carboxylic acids is 1. The molecule has 0 unspecified atom stereocenters. The van der Waals surface area contributed by atoms with Crippen LogP contribution in [0.15, 0.2) is 30.5 Å². The first-order chi connectivity index (χ1) is 17.0. The molecular formula is C21H15F5IN7O2. The smallest absolute Gasteiger partial charge is 0.388 e. The summed E-state index contributed by atoms with van der Waals surface area (Å²) in [7, 11) is 0. The fourth-order valence-electron chi connectivity index (χ4n) is 4.06. The van der Waals surface area contributed by atoms with Crippen molar-refractivity contribution in [2.45, 2.75) is 29.2 Å². The predicted molar refractivity (Wildman–Crippen MR) is 124 cm³/mol. The van der Waals surface area contributed by atoms with Gasteiger partial charge in [-0.1, -0.05) is 22.6 Å². The Morgan fingerprint density at radius 3 is 2.64 bits per heavy atom. The number of nitrogens with two attached hydrogens (primary N) is 1. The van der Waals surface area contributed by atoms with E-state index in [1.165, 1.54) is 10.6 Å². The molecule has 2 atom stereocenters. The molecule has 4 aromatic rings. The summed E-state index contributed by atoms with van der Waals surface area (Å²) in [5.74, 6) is -2.97. The molecule has 188 valence electrons. The zero-order valence-electron chi connectivity index (χ0n) is 18.0. The molecule has 1 amide bonds. The molecule has 0 spiro atoms. The number of ether oxygens (including phenoxy) is 1. The third kappa shape index (κ3) is 4.58. The Labute approximate surface area is 212 Å². The van der Waals surface area contributed by atoms with Crippen molar-refractivity contribution in [1.29, 1.82) is 0 Å². The van der Waals surface area contributed by atoms with Crippen LogP contribution in [0.1, 0.15) is 34.9 Å². The van der Waals surface area contributed by atoms with E-state index >= 15 is 0 Å². The minimum absolute atomic E-state index is 0.0835. The van der Waals surface area contributed by atoms with Gasteiger partial charge in [-0.25, -0.2) is 23.7 Å². The first kappa shape index (κ1) is 24.3. The maximum absolute atomic E-state index is 14.2. The van der Waals surface area contributed by atoms with E-state index < -0.39 is 29.8 Å². The predicted octanol–water partition coefficient (Wildman–Crippen LogP) is 4.21. The molecule has 4 heterocycles. The zero-order valence-corrected chi connectivity index (χ0v) is 20.2. The van der Waals surface area contributed by atoms with Crippen molar-refractivity contribution in [3.63, 3.8) is 0 Å². The second-order valence-electron chi connectivity index (χ2n) is 8.06. The minimum atomic E-state index is -4.89. The number of amides is 1. The summed E-state index contributed by atoms with van der Waals surface area (Å²) < 4.78 is 70.0. The van der Waals surface area contributed by atoms with Crippen LogP contribution in [0, 0.1) is 11.6 Å². The van der Waals surface area contributed by atoms with E-state index in [2.05, 4.69) is 47.4 Å². The lowest BCUT2D eigenvalue weighted by molar-refractivity contribution is -0.276. The lowest BCUT2D eigenvalue weighted by Crippen LogP contribution is -2.43. The second kappa shape index (κ2) is 8.94. The van der Waals surface area contributed by atoms with Crippen LogP contribution in [-0.4, -0.2) is 52.3 Å². The van der Waals surface area contributed by atoms with Crippen molar-refractivity contribution in [2.75, 3.05) is 12.3 Å². The lowest BCUT2D eigenvalue weighted by Gasteiger charge is -2.36. The summed E-state index contributed by atoms with van der Waals surface area (Å²) in [4.78, 5) is 26.7. The third-order valence-electron chi connectivity index (χ3n) is 5.67. The number of likely N-dealkylation sites (tertiary alicyclic amines) is 1. The van der Waals surface area contributed by atoms with E-state index in [0.717, 1.165) is 18.3 Å². The number of anilines is 1. The molecule has 1 saturated heterocycles. The maximum Gasteiger partial charge on any atom is 0.574 e. The summed E-state index contributed by atoms with van der Waals surface area (Å²) in [6.07, 6.45) is -2.69. The summed E-state index contributed by atoms with van der Waals surface area (Å²) in [6, 6.07) is 3.96. The van der Waals surface area contributed by atoms with Gasteiger partial charge in [-0.3, -0.25) is 4.79 Å². The number of rotatable bonds is 3. The molecule has 36 heavy (non-hydrogen) atoms. The molecule has 0 saturated carbocycles. The molecule has 1 fully saturated rings. The normalized spacial score (nSPS) is 18.7. The van der Waals surface area contributed by atoms with Crippen molar-refractivity contribution in [1.82, 2.24) is 29.5 Å². The Morgan fingerprint density at radius 1 is 1.17 bits per heavy atom. The van der Waals surface area contributed by atoms with Crippen molar-refractivity contribution in [2.24, 2.45) is 0 Å². The van der Waals surface area contributed by atoms with E-state index in [1.807, 2.05) is 0 Å². The summed E-state index contributed by atoms with van der Waals surface area (Å²) in [5, 5.41) is 4.48. The fraction of sp³-hybridized carbons (Fsp3) is 0.286. The molecule has 0 radical (unpaired) electrons. The van der Waals surface area contributed by atoms with Crippen LogP contribution in [0.5, 0.6) is 5.88 Å². The highest BCUT2D eigenvalue weighted by Gasteiger charge is 2.35. The van der Waals surface area contributed by atoms with Crippen LogP contribution in [0.3, 0.4) is 0 Å². The number of hydrogen-bond donors (Lipinski definition) is 1. The Morgan fingerprint density at radius 2 is 1.94 bits per heavy atom. The number of alkyl halides is 4. The molecular weight excluding hydrogens is 604 g/mol. The average Bonchev–Trinajstić information content (AvgIpc) is 3.26. The standard InChI is InChI=1S/C21H15F5IN7O2/c22-11-5-12-16(13(23)6-11)30-20(28)34-18(12)31-17(32-34)10-1-3-14(27)33(8-10)19(35)9-2-4-15(29-7-9)36-21(24,25)26/h2,4-7,10,14H,1,3,8H2,(H2,28,30)/t10-,14-/m1/s1. The number of benzene rings is 1. The van der Waals surface area contributed by atoms with Gasteiger partial charge in [-0.05, 0) is 25.0 Å². The number of carbonyl (C=O) groups is 1. The highest BCUT2D eigenvalue weighted by Crippen LogP contribution is 2.34. The van der Waals surface area contributed by atoms with E-state index in [-0.39, 0.29) is 44.6 Å². The average molecular weight is 619 g/mol. The molecule has 9 nitrogen and oxygen atoms in total. The molecule has 5 rings (SSSR count). The first-order valence-electron chi connectivity index (χ1n) is 10.5. The van der Waals surface area contributed by atoms with Gasteiger partial charge in [0, 0.05) is 30.8 Å². The zero-order chi connectivity index (χ0) is 25.8. The molecule has 2 N–H and O–H groups in total. The Balaban J connectivity index is 1.43. The van der Waals surface area contributed by atoms with Gasteiger partial charge < -0.3 is 15.4 Å². The monoisotopic (exact) mass is 619 g/mol. The molecule has 1 aliphatic rings. The number of pyridine rings is 1. The topological polar surface area (TPSA) is 112 Å². The van der Waals surface area contributed by atoms with Gasteiger partial charge >= 0.3 is 6.36 Å². The molecule has 15 heteroatoms. The van der Waals surface area contributed by atoms with Crippen LogP contribution in [0.2, 0.25) is 0 Å². The highest BCUT2D eigenvalue weighted by atomic mass is 127. The van der Waals surface area contributed by atoms with Crippen molar-refractivity contribution in [3.05, 3.63) is 53.5 Å². The van der Waals surface area contributed by atoms with E-state index in [9.17, 15) is 26.7 Å². The summed E-state index contributed by atoms with van der Waals surface area (Å²) in [6.45, 7) is 0.193. The molecule has 1 aliphatic heterocycles. The summed E-state index contributed by atoms with van der Waals surface area (Å²) >= 11 is 2.10. The maximum atomic E-state index is 14.2. The van der Waals surface area contributed by atoms with Crippen LogP contribution in [0.25, 0.3) is 16.6 Å². The van der Waals surface area contributed by atoms with E-state index in [0.29, 0.717) is 24.7 Å². The van der Waals surface area contributed by atoms with Gasteiger partial charge in [-0.2, -0.15) is 4.52 Å². The van der Waals surface area contributed by atoms with Crippen LogP contribution >= 0.6 is 22.6 Å². The van der Waals surface area contributed by atoms with Gasteiger partial charge in [0.1, 0.15) is 11.3 Å². The number of hydrogen-bond acceptors (Lipinski definition) is 7. The number of halogens is 6.